The molecule has 0 spiro atoms. The van der Waals surface area contributed by atoms with Crippen molar-refractivity contribution in [2.75, 3.05) is 0 Å². The van der Waals surface area contributed by atoms with Gasteiger partial charge in [-0.05, 0) is 35.6 Å². The van der Waals surface area contributed by atoms with Gasteiger partial charge in [0.1, 0.15) is 0 Å². The van der Waals surface area contributed by atoms with E-state index in [9.17, 15) is 4.79 Å². The summed E-state index contributed by atoms with van der Waals surface area (Å²) >= 11 is 1.62. The second kappa shape index (κ2) is 4.50. The van der Waals surface area contributed by atoms with Gasteiger partial charge in [-0.3, -0.25) is 4.79 Å². The largest absolute Gasteiger partial charge is 0.273 e. The van der Waals surface area contributed by atoms with Crippen LogP contribution in [0, 0.1) is 17.3 Å². The SMILES string of the molecule is CC12CCCCC1C2C(=O)N/N=C\c1cccs1. The molecule has 0 bridgehead atoms. The summed E-state index contributed by atoms with van der Waals surface area (Å²) in [4.78, 5) is 13.1. The lowest BCUT2D eigenvalue weighted by molar-refractivity contribution is -0.123. The van der Waals surface area contributed by atoms with Crippen molar-refractivity contribution in [3.05, 3.63) is 22.4 Å². The monoisotopic (exact) mass is 262 g/mol. The highest BCUT2D eigenvalue weighted by Gasteiger charge is 2.64. The molecular formula is C14H18N2OS. The third-order valence-corrected chi connectivity index (χ3v) is 5.33. The highest BCUT2D eigenvalue weighted by atomic mass is 32.1. The number of nitrogens with zero attached hydrogens (tertiary/aromatic N) is 1. The second-order valence-electron chi connectivity index (χ2n) is 5.59. The second-order valence-corrected chi connectivity index (χ2v) is 6.56. The van der Waals surface area contributed by atoms with E-state index in [4.69, 9.17) is 0 Å². The fourth-order valence-corrected chi connectivity index (χ4v) is 4.03. The number of carbonyl (C=O) groups excluding carboxylic acids is 1. The normalized spacial score (nSPS) is 34.3. The topological polar surface area (TPSA) is 41.5 Å². The van der Waals surface area contributed by atoms with Crippen molar-refractivity contribution >= 4 is 23.5 Å². The first-order valence-electron chi connectivity index (χ1n) is 6.58. The van der Waals surface area contributed by atoms with Crippen molar-refractivity contribution in [1.29, 1.82) is 0 Å². The number of hydrazone groups is 1. The highest BCUT2D eigenvalue weighted by Crippen LogP contribution is 2.66. The van der Waals surface area contributed by atoms with E-state index in [0.717, 1.165) is 4.88 Å². The number of carbonyl (C=O) groups is 1. The van der Waals surface area contributed by atoms with Crippen LogP contribution in [0.4, 0.5) is 0 Å². The Morgan fingerprint density at radius 3 is 3.17 bits per heavy atom. The molecule has 0 aromatic carbocycles. The van der Waals surface area contributed by atoms with E-state index in [1.807, 2.05) is 17.5 Å². The molecule has 4 heteroatoms. The summed E-state index contributed by atoms with van der Waals surface area (Å²) in [7, 11) is 0. The molecule has 0 aliphatic heterocycles. The maximum Gasteiger partial charge on any atom is 0.244 e. The smallest absolute Gasteiger partial charge is 0.244 e. The van der Waals surface area contributed by atoms with Gasteiger partial charge in [0, 0.05) is 10.8 Å². The van der Waals surface area contributed by atoms with Crippen LogP contribution in [0.15, 0.2) is 22.6 Å². The molecule has 96 valence electrons. The van der Waals surface area contributed by atoms with Crippen LogP contribution in [0.1, 0.15) is 37.5 Å². The molecule has 3 unspecified atom stereocenters. The third-order valence-electron chi connectivity index (χ3n) is 4.52. The minimum Gasteiger partial charge on any atom is -0.273 e. The lowest BCUT2D eigenvalue weighted by Gasteiger charge is -2.15. The summed E-state index contributed by atoms with van der Waals surface area (Å²) in [6.45, 7) is 2.25. The van der Waals surface area contributed by atoms with Crippen molar-refractivity contribution in [3.8, 4) is 0 Å². The predicted octanol–water partition coefficient (Wildman–Crippen LogP) is 3.02. The van der Waals surface area contributed by atoms with E-state index in [1.54, 1.807) is 17.6 Å². The van der Waals surface area contributed by atoms with Crippen LogP contribution in [0.3, 0.4) is 0 Å². The van der Waals surface area contributed by atoms with E-state index >= 15 is 0 Å². The molecule has 1 aromatic rings. The Balaban J connectivity index is 1.57. The molecule has 1 heterocycles. The highest BCUT2D eigenvalue weighted by molar-refractivity contribution is 7.11. The van der Waals surface area contributed by atoms with Crippen LogP contribution >= 0.6 is 11.3 Å². The summed E-state index contributed by atoms with van der Waals surface area (Å²) in [5.74, 6) is 0.904. The molecule has 0 radical (unpaired) electrons. The molecule has 1 aromatic heterocycles. The van der Waals surface area contributed by atoms with Crippen molar-refractivity contribution in [3.63, 3.8) is 0 Å². The van der Waals surface area contributed by atoms with E-state index < -0.39 is 0 Å². The molecule has 18 heavy (non-hydrogen) atoms. The van der Waals surface area contributed by atoms with Gasteiger partial charge in [0.15, 0.2) is 0 Å². The van der Waals surface area contributed by atoms with Crippen LogP contribution in [0.2, 0.25) is 0 Å². The Morgan fingerprint density at radius 1 is 1.61 bits per heavy atom. The average molecular weight is 262 g/mol. The van der Waals surface area contributed by atoms with Gasteiger partial charge in [-0.2, -0.15) is 5.10 Å². The zero-order chi connectivity index (χ0) is 12.6. The summed E-state index contributed by atoms with van der Waals surface area (Å²) in [5.41, 5.74) is 2.97. The number of rotatable bonds is 3. The Labute approximate surface area is 111 Å². The molecule has 3 rings (SSSR count). The Hall–Kier alpha value is -1.16. The van der Waals surface area contributed by atoms with E-state index in [0.29, 0.717) is 5.92 Å². The number of hydrogen-bond acceptors (Lipinski definition) is 3. The lowest BCUT2D eigenvalue weighted by atomic mass is 9.90. The fourth-order valence-electron chi connectivity index (χ4n) is 3.44. The van der Waals surface area contributed by atoms with Crippen molar-refractivity contribution in [1.82, 2.24) is 5.43 Å². The van der Waals surface area contributed by atoms with Crippen molar-refractivity contribution in [2.24, 2.45) is 22.4 Å². The number of amides is 1. The molecule has 3 nitrogen and oxygen atoms in total. The van der Waals surface area contributed by atoms with E-state index in [-0.39, 0.29) is 17.2 Å². The summed E-state index contributed by atoms with van der Waals surface area (Å²) in [6, 6.07) is 3.96. The molecule has 2 aliphatic carbocycles. The summed E-state index contributed by atoms with van der Waals surface area (Å²) in [5, 5.41) is 6.05. The molecule has 3 atom stereocenters. The Morgan fingerprint density at radius 2 is 2.50 bits per heavy atom. The molecule has 2 aliphatic rings. The molecule has 0 saturated heterocycles. The van der Waals surface area contributed by atoms with Gasteiger partial charge in [-0.15, -0.1) is 11.3 Å². The van der Waals surface area contributed by atoms with Crippen LogP contribution in [-0.2, 0) is 4.79 Å². The summed E-state index contributed by atoms with van der Waals surface area (Å²) in [6.07, 6.45) is 6.68. The number of nitrogens with one attached hydrogen (secondary N) is 1. The Kier molecular flexibility index (Phi) is 2.98. The Bertz CT molecular complexity index is 468. The quantitative estimate of drug-likeness (QED) is 0.660. The van der Waals surface area contributed by atoms with Gasteiger partial charge in [-0.1, -0.05) is 25.8 Å². The minimum absolute atomic E-state index is 0.109. The fraction of sp³-hybridized carbons (Fsp3) is 0.571. The zero-order valence-corrected chi connectivity index (χ0v) is 11.4. The first-order chi connectivity index (χ1) is 8.72. The minimum atomic E-state index is 0.109. The number of fused-ring (bicyclic) bond motifs is 1. The molecule has 2 saturated carbocycles. The van der Waals surface area contributed by atoms with Gasteiger partial charge in [-0.25, -0.2) is 5.43 Å². The number of hydrogen-bond donors (Lipinski definition) is 1. The van der Waals surface area contributed by atoms with Gasteiger partial charge >= 0.3 is 0 Å². The third kappa shape index (κ3) is 1.99. The van der Waals surface area contributed by atoms with E-state index in [2.05, 4.69) is 17.5 Å². The van der Waals surface area contributed by atoms with Gasteiger partial charge in [0.2, 0.25) is 5.91 Å². The lowest BCUT2D eigenvalue weighted by Crippen LogP contribution is -2.22. The first kappa shape index (κ1) is 11.9. The average Bonchev–Trinajstić information content (AvgIpc) is 2.71. The van der Waals surface area contributed by atoms with Crippen LogP contribution in [0.5, 0.6) is 0 Å². The predicted molar refractivity (Wildman–Crippen MR) is 73.6 cm³/mol. The van der Waals surface area contributed by atoms with Crippen LogP contribution in [0.25, 0.3) is 0 Å². The van der Waals surface area contributed by atoms with Crippen LogP contribution in [-0.4, -0.2) is 12.1 Å². The van der Waals surface area contributed by atoms with E-state index in [1.165, 1.54) is 25.7 Å². The zero-order valence-electron chi connectivity index (χ0n) is 10.6. The maximum absolute atomic E-state index is 12.1. The van der Waals surface area contributed by atoms with Gasteiger partial charge < -0.3 is 0 Å². The molecular weight excluding hydrogens is 244 g/mol. The maximum atomic E-state index is 12.1. The van der Waals surface area contributed by atoms with Gasteiger partial charge in [0.25, 0.3) is 0 Å². The first-order valence-corrected chi connectivity index (χ1v) is 7.46. The van der Waals surface area contributed by atoms with Crippen LogP contribution < -0.4 is 5.43 Å². The van der Waals surface area contributed by atoms with Crippen molar-refractivity contribution in [2.45, 2.75) is 32.6 Å². The van der Waals surface area contributed by atoms with Gasteiger partial charge in [0.05, 0.1) is 6.21 Å². The molecule has 1 amide bonds. The van der Waals surface area contributed by atoms with Crippen molar-refractivity contribution < 1.29 is 4.79 Å². The standard InChI is InChI=1S/C14H18N2OS/c1-14-7-3-2-6-11(14)12(14)13(17)16-15-9-10-5-4-8-18-10/h4-5,8-9,11-12H,2-3,6-7H2,1H3,(H,16,17)/b15-9-. The number of thiophene rings is 1. The molecule has 1 N–H and O–H groups in total. The molecule has 2 fully saturated rings. The summed E-state index contributed by atoms with van der Waals surface area (Å²) < 4.78 is 0.